The van der Waals surface area contributed by atoms with Crippen LogP contribution in [0, 0.1) is 5.41 Å². The third kappa shape index (κ3) is 7.12. The fourth-order valence-corrected chi connectivity index (χ4v) is 2.24. The van der Waals surface area contributed by atoms with Gasteiger partial charge < -0.3 is 15.7 Å². The number of rotatable bonds is 3. The molecule has 2 aromatic rings. The van der Waals surface area contributed by atoms with Crippen molar-refractivity contribution >= 4 is 33.6 Å². The van der Waals surface area contributed by atoms with Gasteiger partial charge in [-0.15, -0.1) is 0 Å². The molecule has 0 spiro atoms. The summed E-state index contributed by atoms with van der Waals surface area (Å²) in [6.45, 7) is 0. The molecule has 2 aromatic carbocycles. The summed E-state index contributed by atoms with van der Waals surface area (Å²) in [6.07, 6.45) is 0.825. The van der Waals surface area contributed by atoms with Gasteiger partial charge in [-0.1, -0.05) is 35.9 Å². The molecule has 0 unspecified atom stereocenters. The number of carbonyl (C=O) groups is 1. The summed E-state index contributed by atoms with van der Waals surface area (Å²) in [4.78, 5) is 11.7. The van der Waals surface area contributed by atoms with E-state index in [0.29, 0.717) is 5.02 Å². The number of hydrogen-bond acceptors (Lipinski definition) is 5. The summed E-state index contributed by atoms with van der Waals surface area (Å²) < 4.78 is 26.3. The standard InChI is InChI=1S/C14H11ClO4S.CH5N3/c1-20(17,18)19-14(16)12-6-2-4-10(8-12)11-5-3-7-13(15)9-11;2-1(3)4/h2-9H,1H3;(H5,2,3,4). The fraction of sp³-hybridized carbons (Fsp3) is 0.0667. The maximum absolute atomic E-state index is 11.7. The van der Waals surface area contributed by atoms with Gasteiger partial charge in [0.1, 0.15) is 0 Å². The second-order valence-electron chi connectivity index (χ2n) is 4.62. The predicted molar refractivity (Wildman–Crippen MR) is 93.2 cm³/mol. The highest BCUT2D eigenvalue weighted by molar-refractivity contribution is 7.86. The molecule has 0 fully saturated rings. The summed E-state index contributed by atoms with van der Waals surface area (Å²) in [7, 11) is -3.83. The molecule has 0 bridgehead atoms. The quantitative estimate of drug-likeness (QED) is 0.429. The van der Waals surface area contributed by atoms with Crippen molar-refractivity contribution in [3.8, 4) is 11.1 Å². The highest BCUT2D eigenvalue weighted by Crippen LogP contribution is 2.23. The van der Waals surface area contributed by atoms with Gasteiger partial charge in [0, 0.05) is 5.02 Å². The summed E-state index contributed by atoms with van der Waals surface area (Å²) in [5.41, 5.74) is 10.7. The van der Waals surface area contributed by atoms with E-state index < -0.39 is 16.1 Å². The first kappa shape index (κ1) is 19.5. The Morgan fingerprint density at radius 2 is 1.58 bits per heavy atom. The minimum Gasteiger partial charge on any atom is -0.370 e. The molecule has 24 heavy (non-hydrogen) atoms. The molecule has 0 aliphatic carbocycles. The van der Waals surface area contributed by atoms with Crippen molar-refractivity contribution in [1.82, 2.24) is 0 Å². The first-order chi connectivity index (χ1) is 11.1. The molecule has 0 aliphatic heterocycles. The number of nitrogens with two attached hydrogens (primary N) is 2. The fourth-order valence-electron chi connectivity index (χ4n) is 1.68. The Morgan fingerprint density at radius 3 is 2.08 bits per heavy atom. The Kier molecular flexibility index (Phi) is 6.75. The van der Waals surface area contributed by atoms with E-state index in [0.717, 1.165) is 17.4 Å². The zero-order valence-electron chi connectivity index (χ0n) is 12.7. The largest absolute Gasteiger partial charge is 0.370 e. The van der Waals surface area contributed by atoms with Gasteiger partial charge in [-0.2, -0.15) is 8.42 Å². The van der Waals surface area contributed by atoms with Crippen LogP contribution in [0.4, 0.5) is 0 Å². The first-order valence-electron chi connectivity index (χ1n) is 6.48. The van der Waals surface area contributed by atoms with Gasteiger partial charge in [0.05, 0.1) is 11.8 Å². The van der Waals surface area contributed by atoms with E-state index in [2.05, 4.69) is 15.7 Å². The zero-order chi connectivity index (χ0) is 18.3. The Labute approximate surface area is 144 Å². The van der Waals surface area contributed by atoms with Crippen LogP contribution in [-0.2, 0) is 14.3 Å². The average molecular weight is 370 g/mol. The van der Waals surface area contributed by atoms with Gasteiger partial charge >= 0.3 is 16.1 Å². The number of guanidine groups is 1. The Morgan fingerprint density at radius 1 is 1.08 bits per heavy atom. The summed E-state index contributed by atoms with van der Waals surface area (Å²) in [5.74, 6) is -1.24. The third-order valence-corrected chi connectivity index (χ3v) is 3.17. The minimum absolute atomic E-state index is 0.160. The molecular formula is C15H16ClN3O4S. The van der Waals surface area contributed by atoms with Crippen LogP contribution in [0.2, 0.25) is 5.02 Å². The number of hydrogen-bond donors (Lipinski definition) is 3. The maximum atomic E-state index is 11.7. The molecule has 7 nitrogen and oxygen atoms in total. The van der Waals surface area contributed by atoms with Gasteiger partial charge in [-0.05, 0) is 35.4 Å². The second-order valence-corrected chi connectivity index (χ2v) is 6.63. The summed E-state index contributed by atoms with van der Waals surface area (Å²) >= 11 is 5.91. The van der Waals surface area contributed by atoms with Crippen LogP contribution < -0.4 is 11.5 Å². The van der Waals surface area contributed by atoms with Crippen molar-refractivity contribution < 1.29 is 17.4 Å². The van der Waals surface area contributed by atoms with Crippen molar-refractivity contribution in [2.45, 2.75) is 0 Å². The van der Waals surface area contributed by atoms with Crippen LogP contribution in [0.3, 0.4) is 0 Å². The van der Waals surface area contributed by atoms with Crippen LogP contribution >= 0.6 is 11.6 Å². The van der Waals surface area contributed by atoms with Crippen molar-refractivity contribution in [3.05, 3.63) is 59.1 Å². The average Bonchev–Trinajstić information content (AvgIpc) is 2.45. The predicted octanol–water partition coefficient (Wildman–Crippen LogP) is 1.96. The maximum Gasteiger partial charge on any atom is 0.353 e. The van der Waals surface area contributed by atoms with Crippen LogP contribution in [0.5, 0.6) is 0 Å². The molecule has 0 radical (unpaired) electrons. The Balaban J connectivity index is 0.000000648. The lowest BCUT2D eigenvalue weighted by Gasteiger charge is -2.05. The number of nitrogens with one attached hydrogen (secondary N) is 1. The van der Waals surface area contributed by atoms with Gasteiger partial charge in [0.15, 0.2) is 5.96 Å². The Hall–Kier alpha value is -2.58. The van der Waals surface area contributed by atoms with E-state index in [9.17, 15) is 13.2 Å². The second kappa shape index (κ2) is 8.32. The highest BCUT2D eigenvalue weighted by atomic mass is 35.5. The molecule has 0 heterocycles. The zero-order valence-corrected chi connectivity index (χ0v) is 14.3. The SMILES string of the molecule is CS(=O)(=O)OC(=O)c1cccc(-c2cccc(Cl)c2)c1.N=C(N)N. The van der Waals surface area contributed by atoms with Gasteiger partial charge in [-0.25, -0.2) is 4.79 Å². The Bertz CT molecular complexity index is 849. The van der Waals surface area contributed by atoms with Gasteiger partial charge in [0.2, 0.25) is 0 Å². The molecular weight excluding hydrogens is 354 g/mol. The number of halogens is 1. The van der Waals surface area contributed by atoms with Crippen molar-refractivity contribution in [1.29, 1.82) is 5.41 Å². The lowest BCUT2D eigenvalue weighted by molar-refractivity contribution is 0.0748. The van der Waals surface area contributed by atoms with Gasteiger partial charge in [-0.3, -0.25) is 5.41 Å². The monoisotopic (exact) mass is 369 g/mol. The molecule has 0 atom stereocenters. The van der Waals surface area contributed by atoms with E-state index in [1.165, 1.54) is 6.07 Å². The molecule has 0 aromatic heterocycles. The van der Waals surface area contributed by atoms with Crippen LogP contribution in [-0.4, -0.2) is 26.6 Å². The molecule has 9 heteroatoms. The first-order valence-corrected chi connectivity index (χ1v) is 8.67. The van der Waals surface area contributed by atoms with Crippen LogP contribution in [0.15, 0.2) is 48.5 Å². The highest BCUT2D eigenvalue weighted by Gasteiger charge is 2.14. The molecule has 0 saturated carbocycles. The molecule has 0 saturated heterocycles. The van der Waals surface area contributed by atoms with Crippen molar-refractivity contribution in [2.24, 2.45) is 11.5 Å². The molecule has 0 aliphatic rings. The summed E-state index contributed by atoms with van der Waals surface area (Å²) in [5, 5.41) is 6.63. The molecule has 0 amide bonds. The summed E-state index contributed by atoms with van der Waals surface area (Å²) in [6, 6.07) is 13.6. The normalized spacial score (nSPS) is 10.2. The molecule has 5 N–H and O–H groups in total. The lowest BCUT2D eigenvalue weighted by atomic mass is 10.0. The van der Waals surface area contributed by atoms with Crippen LogP contribution in [0.25, 0.3) is 11.1 Å². The van der Waals surface area contributed by atoms with Crippen molar-refractivity contribution in [2.75, 3.05) is 6.26 Å². The topological polar surface area (TPSA) is 136 Å². The van der Waals surface area contributed by atoms with E-state index in [-0.39, 0.29) is 11.5 Å². The molecule has 2 rings (SSSR count). The third-order valence-electron chi connectivity index (χ3n) is 2.48. The smallest absolute Gasteiger partial charge is 0.353 e. The number of carbonyl (C=O) groups excluding carboxylic acids is 1. The lowest BCUT2D eigenvalue weighted by Crippen LogP contribution is -2.20. The van der Waals surface area contributed by atoms with E-state index in [1.54, 1.807) is 36.4 Å². The van der Waals surface area contributed by atoms with Gasteiger partial charge in [0.25, 0.3) is 0 Å². The van der Waals surface area contributed by atoms with E-state index in [4.69, 9.17) is 17.0 Å². The van der Waals surface area contributed by atoms with Crippen molar-refractivity contribution in [3.63, 3.8) is 0 Å². The minimum atomic E-state index is -3.83. The van der Waals surface area contributed by atoms with Crippen LogP contribution in [0.1, 0.15) is 10.4 Å². The van der Waals surface area contributed by atoms with E-state index >= 15 is 0 Å². The van der Waals surface area contributed by atoms with E-state index in [1.807, 2.05) is 6.07 Å². The number of benzene rings is 2. The molecule has 128 valence electrons.